The molecule has 5 nitrogen and oxygen atoms in total. The minimum atomic E-state index is -0.138. The van der Waals surface area contributed by atoms with Crippen LogP contribution >= 0.6 is 0 Å². The average molecular weight is 354 g/mol. The molecule has 4 rings (SSSR count). The fourth-order valence-corrected chi connectivity index (χ4v) is 2.91. The fraction of sp³-hybridized carbons (Fsp3) is 0.0455. The highest BCUT2D eigenvalue weighted by molar-refractivity contribution is 6.04. The molecule has 0 bridgehead atoms. The quantitative estimate of drug-likeness (QED) is 0.587. The lowest BCUT2D eigenvalue weighted by atomic mass is 10.0. The zero-order chi connectivity index (χ0) is 18.5. The van der Waals surface area contributed by atoms with Crippen molar-refractivity contribution in [3.63, 3.8) is 0 Å². The molecule has 1 N–H and O–H groups in total. The van der Waals surface area contributed by atoms with Gasteiger partial charge in [0.05, 0.1) is 5.69 Å². The Bertz CT molecular complexity index is 1030. The summed E-state index contributed by atoms with van der Waals surface area (Å²) in [5.74, 6) is -0.138. The maximum Gasteiger partial charge on any atom is 0.255 e. The van der Waals surface area contributed by atoms with E-state index in [1.165, 1.54) is 11.9 Å². The molecule has 0 saturated carbocycles. The van der Waals surface area contributed by atoms with Gasteiger partial charge >= 0.3 is 0 Å². The second kappa shape index (κ2) is 7.66. The Morgan fingerprint density at radius 3 is 2.37 bits per heavy atom. The first kappa shape index (κ1) is 16.7. The van der Waals surface area contributed by atoms with Crippen molar-refractivity contribution in [2.45, 2.75) is 6.42 Å². The zero-order valence-electron chi connectivity index (χ0n) is 14.6. The monoisotopic (exact) mass is 354 g/mol. The first-order chi connectivity index (χ1) is 13.3. The maximum atomic E-state index is 12.7. The number of aromatic nitrogens is 3. The van der Waals surface area contributed by atoms with Crippen LogP contribution in [0.5, 0.6) is 0 Å². The third-order valence-corrected chi connectivity index (χ3v) is 4.32. The predicted molar refractivity (Wildman–Crippen MR) is 105 cm³/mol. The normalized spacial score (nSPS) is 10.5. The lowest BCUT2D eigenvalue weighted by Gasteiger charge is -2.11. The van der Waals surface area contributed by atoms with E-state index in [0.717, 1.165) is 23.4 Å². The molecule has 0 aliphatic rings. The van der Waals surface area contributed by atoms with Crippen molar-refractivity contribution in [2.75, 3.05) is 5.32 Å². The SMILES string of the molecule is O=C(Nc1ccccc1Cc1ccccc1)c1ccc(-n2cncn2)cc1. The van der Waals surface area contributed by atoms with E-state index in [-0.39, 0.29) is 5.91 Å². The van der Waals surface area contributed by atoms with E-state index in [1.54, 1.807) is 23.1 Å². The molecule has 1 aromatic heterocycles. The predicted octanol–water partition coefficient (Wildman–Crippen LogP) is 4.11. The molecule has 0 aliphatic heterocycles. The number of carbonyl (C=O) groups excluding carboxylic acids is 1. The molecule has 0 fully saturated rings. The number of hydrogen-bond acceptors (Lipinski definition) is 3. The number of rotatable bonds is 5. The number of hydrogen-bond donors (Lipinski definition) is 1. The summed E-state index contributed by atoms with van der Waals surface area (Å²) >= 11 is 0. The van der Waals surface area contributed by atoms with Gasteiger partial charge in [0, 0.05) is 11.3 Å². The first-order valence-electron chi connectivity index (χ1n) is 8.68. The van der Waals surface area contributed by atoms with Crippen molar-refractivity contribution >= 4 is 11.6 Å². The van der Waals surface area contributed by atoms with E-state index in [2.05, 4.69) is 27.5 Å². The topological polar surface area (TPSA) is 59.8 Å². The number of nitrogens with one attached hydrogen (secondary N) is 1. The summed E-state index contributed by atoms with van der Waals surface area (Å²) in [6.07, 6.45) is 3.86. The van der Waals surface area contributed by atoms with Gasteiger partial charge in [0.1, 0.15) is 12.7 Å². The van der Waals surface area contributed by atoms with Crippen LogP contribution in [0.25, 0.3) is 5.69 Å². The molecule has 0 aliphatic carbocycles. The third kappa shape index (κ3) is 3.93. The molecule has 4 aromatic rings. The van der Waals surface area contributed by atoms with Crippen molar-refractivity contribution in [1.29, 1.82) is 0 Å². The van der Waals surface area contributed by atoms with E-state index in [1.807, 2.05) is 54.6 Å². The minimum Gasteiger partial charge on any atom is -0.322 e. The van der Waals surface area contributed by atoms with E-state index < -0.39 is 0 Å². The summed E-state index contributed by atoms with van der Waals surface area (Å²) in [5.41, 5.74) is 4.56. The number of para-hydroxylation sites is 1. The summed E-state index contributed by atoms with van der Waals surface area (Å²) in [7, 11) is 0. The van der Waals surface area contributed by atoms with Gasteiger partial charge in [-0.3, -0.25) is 4.79 Å². The van der Waals surface area contributed by atoms with Gasteiger partial charge in [-0.25, -0.2) is 9.67 Å². The lowest BCUT2D eigenvalue weighted by Crippen LogP contribution is -2.13. The molecule has 0 unspecified atom stereocenters. The van der Waals surface area contributed by atoms with Gasteiger partial charge in [0.15, 0.2) is 0 Å². The summed E-state index contributed by atoms with van der Waals surface area (Å²) in [6.45, 7) is 0. The molecule has 3 aromatic carbocycles. The van der Waals surface area contributed by atoms with Gasteiger partial charge in [-0.1, -0.05) is 48.5 Å². The van der Waals surface area contributed by atoms with Crippen LogP contribution in [-0.4, -0.2) is 20.7 Å². The summed E-state index contributed by atoms with van der Waals surface area (Å²) in [5, 5.41) is 7.11. The Hall–Kier alpha value is -3.73. The fourth-order valence-electron chi connectivity index (χ4n) is 2.91. The van der Waals surface area contributed by atoms with Gasteiger partial charge in [-0.2, -0.15) is 5.10 Å². The Kier molecular flexibility index (Phi) is 4.74. The molecule has 0 radical (unpaired) electrons. The number of anilines is 1. The van der Waals surface area contributed by atoms with Gasteiger partial charge in [-0.05, 0) is 47.9 Å². The molecule has 0 spiro atoms. The molecule has 1 amide bonds. The van der Waals surface area contributed by atoms with E-state index in [0.29, 0.717) is 5.56 Å². The Morgan fingerprint density at radius 2 is 1.63 bits per heavy atom. The highest BCUT2D eigenvalue weighted by atomic mass is 16.1. The smallest absolute Gasteiger partial charge is 0.255 e. The van der Waals surface area contributed by atoms with Crippen LogP contribution in [-0.2, 0) is 6.42 Å². The van der Waals surface area contributed by atoms with Crippen molar-refractivity contribution in [3.05, 3.63) is 108 Å². The molecular formula is C22H18N4O. The molecule has 27 heavy (non-hydrogen) atoms. The van der Waals surface area contributed by atoms with Gasteiger partial charge in [0.2, 0.25) is 0 Å². The van der Waals surface area contributed by atoms with Gasteiger partial charge in [0.25, 0.3) is 5.91 Å². The average Bonchev–Trinajstić information content (AvgIpc) is 3.25. The van der Waals surface area contributed by atoms with Crippen LogP contribution in [0.3, 0.4) is 0 Å². The van der Waals surface area contributed by atoms with E-state index in [9.17, 15) is 4.79 Å². The largest absolute Gasteiger partial charge is 0.322 e. The second-order valence-electron chi connectivity index (χ2n) is 6.16. The second-order valence-corrected chi connectivity index (χ2v) is 6.16. The van der Waals surface area contributed by atoms with Crippen LogP contribution in [0.2, 0.25) is 0 Å². The molecule has 1 heterocycles. The van der Waals surface area contributed by atoms with Crippen LogP contribution in [0, 0.1) is 0 Å². The van der Waals surface area contributed by atoms with Crippen molar-refractivity contribution in [1.82, 2.24) is 14.8 Å². The zero-order valence-corrected chi connectivity index (χ0v) is 14.6. The Balaban J connectivity index is 1.51. The van der Waals surface area contributed by atoms with Crippen LogP contribution in [0.4, 0.5) is 5.69 Å². The van der Waals surface area contributed by atoms with Crippen LogP contribution < -0.4 is 5.32 Å². The molecular weight excluding hydrogens is 336 g/mol. The highest BCUT2D eigenvalue weighted by Crippen LogP contribution is 2.20. The molecule has 0 atom stereocenters. The highest BCUT2D eigenvalue weighted by Gasteiger charge is 2.10. The maximum absolute atomic E-state index is 12.7. The molecule has 5 heteroatoms. The lowest BCUT2D eigenvalue weighted by molar-refractivity contribution is 0.102. The van der Waals surface area contributed by atoms with E-state index in [4.69, 9.17) is 0 Å². The minimum absolute atomic E-state index is 0.138. The van der Waals surface area contributed by atoms with Gasteiger partial charge < -0.3 is 5.32 Å². The van der Waals surface area contributed by atoms with Crippen LogP contribution in [0.15, 0.2) is 91.5 Å². The summed E-state index contributed by atoms with van der Waals surface area (Å²) < 4.78 is 1.65. The van der Waals surface area contributed by atoms with Crippen molar-refractivity contribution in [2.24, 2.45) is 0 Å². The van der Waals surface area contributed by atoms with Crippen LogP contribution in [0.1, 0.15) is 21.5 Å². The molecule has 0 saturated heterocycles. The summed E-state index contributed by atoms with van der Waals surface area (Å²) in [4.78, 5) is 16.6. The summed E-state index contributed by atoms with van der Waals surface area (Å²) in [6, 6.07) is 25.4. The Morgan fingerprint density at radius 1 is 0.889 bits per heavy atom. The Labute approximate surface area is 157 Å². The number of benzene rings is 3. The van der Waals surface area contributed by atoms with Crippen molar-refractivity contribution < 1.29 is 4.79 Å². The standard InChI is InChI=1S/C22H18N4O/c27-22(18-10-12-20(13-11-18)26-16-23-15-24-26)25-21-9-5-4-8-19(21)14-17-6-2-1-3-7-17/h1-13,15-16H,14H2,(H,25,27). The van der Waals surface area contributed by atoms with E-state index >= 15 is 0 Å². The number of nitrogens with zero attached hydrogens (tertiary/aromatic N) is 3. The number of carbonyl (C=O) groups is 1. The number of amides is 1. The van der Waals surface area contributed by atoms with Gasteiger partial charge in [-0.15, -0.1) is 0 Å². The first-order valence-corrected chi connectivity index (χ1v) is 8.68. The van der Waals surface area contributed by atoms with Crippen molar-refractivity contribution in [3.8, 4) is 5.69 Å². The molecule has 132 valence electrons. The third-order valence-electron chi connectivity index (χ3n) is 4.32.